The number of halogens is 1. The van der Waals surface area contributed by atoms with E-state index >= 15 is 0 Å². The van der Waals surface area contributed by atoms with Crippen molar-refractivity contribution in [1.82, 2.24) is 9.55 Å². The van der Waals surface area contributed by atoms with Crippen LogP contribution >= 0.6 is 0 Å². The van der Waals surface area contributed by atoms with Gasteiger partial charge in [0.1, 0.15) is 0 Å². The van der Waals surface area contributed by atoms with Gasteiger partial charge in [0.25, 0.3) is 0 Å². The fourth-order valence-electron chi connectivity index (χ4n) is 3.26. The number of hydrogen-bond acceptors (Lipinski definition) is 1. The Balaban J connectivity index is 0.00000182. The maximum Gasteiger partial charge on any atom is 0.0486 e. The number of aryl methyl sites for hydroxylation is 2. The molecule has 0 spiro atoms. The van der Waals surface area contributed by atoms with Crippen LogP contribution in [0.3, 0.4) is 0 Å². The van der Waals surface area contributed by atoms with E-state index in [1.165, 1.54) is 27.6 Å². The summed E-state index contributed by atoms with van der Waals surface area (Å²) in [5, 5.41) is 1.36. The minimum Gasteiger partial charge on any atom is -1.00 e. The van der Waals surface area contributed by atoms with E-state index in [1.54, 1.807) is 0 Å². The van der Waals surface area contributed by atoms with Gasteiger partial charge in [-0.25, -0.2) is 0 Å². The minimum atomic E-state index is 0. The minimum absolute atomic E-state index is 0. The molecule has 0 unspecified atom stereocenters. The van der Waals surface area contributed by atoms with Crippen molar-refractivity contribution in [3.8, 4) is 0 Å². The van der Waals surface area contributed by atoms with Crippen LogP contribution in [0.2, 0.25) is 0 Å². The molecule has 0 N–H and O–H groups in total. The molecule has 0 aliphatic heterocycles. The number of para-hydroxylation sites is 1. The second-order valence-electron chi connectivity index (χ2n) is 6.14. The topological polar surface area (TPSA) is 17.8 Å². The molecule has 0 bridgehead atoms. The van der Waals surface area contributed by atoms with Gasteiger partial charge in [0.15, 0.2) is 0 Å². The molecule has 25 heavy (non-hydrogen) atoms. The van der Waals surface area contributed by atoms with E-state index in [0.29, 0.717) is 0 Å². The summed E-state index contributed by atoms with van der Waals surface area (Å²) >= 11 is 0. The van der Waals surface area contributed by atoms with Crippen LogP contribution < -0.4 is 12.4 Å². The summed E-state index contributed by atoms with van der Waals surface area (Å²) in [5.41, 5.74) is 5.40. The lowest BCUT2D eigenvalue weighted by atomic mass is 10.0. The average Bonchev–Trinajstić information content (AvgIpc) is 3.00. The van der Waals surface area contributed by atoms with Gasteiger partial charge >= 0.3 is 0 Å². The van der Waals surface area contributed by atoms with Crippen LogP contribution in [0.4, 0.5) is 0 Å². The molecule has 0 fully saturated rings. The fourth-order valence-corrected chi connectivity index (χ4v) is 3.26. The summed E-state index contributed by atoms with van der Waals surface area (Å²) in [5.74, 6) is 0. The van der Waals surface area contributed by atoms with Crippen LogP contribution in [0.5, 0.6) is 0 Å². The molecule has 4 aromatic rings. The Labute approximate surface area is 154 Å². The van der Waals surface area contributed by atoms with E-state index in [2.05, 4.69) is 82.5 Å². The zero-order valence-corrected chi connectivity index (χ0v) is 14.7. The maximum atomic E-state index is 4.10. The van der Waals surface area contributed by atoms with Crippen molar-refractivity contribution < 1.29 is 12.4 Å². The molecular weight excluding hydrogens is 328 g/mol. The molecule has 0 aliphatic carbocycles. The Hall–Kier alpha value is -2.58. The van der Waals surface area contributed by atoms with Gasteiger partial charge in [0, 0.05) is 36.0 Å². The number of hydrogen-bond donors (Lipinski definition) is 0. The first kappa shape index (κ1) is 17.2. The first-order valence-electron chi connectivity index (χ1n) is 8.40. The number of fused-ring (bicyclic) bond motifs is 1. The first-order chi connectivity index (χ1) is 11.9. The highest BCUT2D eigenvalue weighted by Gasteiger charge is 2.08. The molecule has 2 aromatic heterocycles. The fraction of sp³-hybridized carbons (Fsp3) is 0.136. The highest BCUT2D eigenvalue weighted by Crippen LogP contribution is 2.23. The lowest BCUT2D eigenvalue weighted by Crippen LogP contribution is -3.00. The third-order valence-electron chi connectivity index (χ3n) is 4.50. The lowest BCUT2D eigenvalue weighted by molar-refractivity contribution is -0.00000478. The predicted molar refractivity (Wildman–Crippen MR) is 99.1 cm³/mol. The van der Waals surface area contributed by atoms with Crippen LogP contribution in [-0.2, 0) is 19.4 Å². The van der Waals surface area contributed by atoms with E-state index in [9.17, 15) is 0 Å². The third-order valence-corrected chi connectivity index (χ3v) is 4.50. The molecule has 126 valence electrons. The van der Waals surface area contributed by atoms with Crippen LogP contribution in [0.25, 0.3) is 10.9 Å². The monoisotopic (exact) mass is 347 g/mol. The molecule has 2 aromatic carbocycles. The smallest absolute Gasteiger partial charge is 0.0486 e. The average molecular weight is 348 g/mol. The second kappa shape index (κ2) is 8.00. The molecular formula is C22H20ClN2-. The van der Waals surface area contributed by atoms with E-state index in [1.807, 2.05) is 12.4 Å². The molecule has 0 saturated heterocycles. The van der Waals surface area contributed by atoms with E-state index in [4.69, 9.17) is 0 Å². The number of aromatic nitrogens is 2. The van der Waals surface area contributed by atoms with Gasteiger partial charge in [0.05, 0.1) is 0 Å². The highest BCUT2D eigenvalue weighted by molar-refractivity contribution is 5.84. The molecule has 0 radical (unpaired) electrons. The van der Waals surface area contributed by atoms with E-state index < -0.39 is 0 Å². The maximum absolute atomic E-state index is 4.10. The van der Waals surface area contributed by atoms with Gasteiger partial charge in [-0.2, -0.15) is 0 Å². The summed E-state index contributed by atoms with van der Waals surface area (Å²) in [7, 11) is 0. The SMILES string of the molecule is [Cl-].c1ccc(Cn2cc(CCc3ccncc3)c3ccccc32)cc1. The standard InChI is InChI=1S/C22H20N2.ClH/c1-2-6-19(7-3-1)16-24-17-20(21-8-4-5-9-22(21)24)11-10-18-12-14-23-15-13-18;/h1-9,12-15,17H,10-11,16H2;1H/p-1. The second-order valence-corrected chi connectivity index (χ2v) is 6.14. The normalized spacial score (nSPS) is 10.6. The van der Waals surface area contributed by atoms with Gasteiger partial charge in [-0.3, -0.25) is 4.98 Å². The predicted octanol–water partition coefficient (Wildman–Crippen LogP) is 1.87. The van der Waals surface area contributed by atoms with Crippen LogP contribution in [0.1, 0.15) is 16.7 Å². The Morgan fingerprint density at radius 3 is 2.24 bits per heavy atom. The summed E-state index contributed by atoms with van der Waals surface area (Å²) in [6.45, 7) is 0.913. The molecule has 0 atom stereocenters. The van der Waals surface area contributed by atoms with Crippen LogP contribution in [0, 0.1) is 0 Å². The summed E-state index contributed by atoms with van der Waals surface area (Å²) in [6.07, 6.45) is 8.15. The zero-order valence-electron chi connectivity index (χ0n) is 14.0. The largest absolute Gasteiger partial charge is 1.00 e. The molecule has 4 rings (SSSR count). The van der Waals surface area contributed by atoms with Crippen molar-refractivity contribution >= 4 is 10.9 Å². The van der Waals surface area contributed by atoms with Crippen LogP contribution in [0.15, 0.2) is 85.3 Å². The Morgan fingerprint density at radius 1 is 0.720 bits per heavy atom. The molecule has 0 aliphatic rings. The molecule has 0 saturated carbocycles. The third kappa shape index (κ3) is 3.92. The zero-order chi connectivity index (χ0) is 16.2. The van der Waals surface area contributed by atoms with Crippen molar-refractivity contribution in [2.24, 2.45) is 0 Å². The van der Waals surface area contributed by atoms with E-state index in [-0.39, 0.29) is 12.4 Å². The number of rotatable bonds is 5. The van der Waals surface area contributed by atoms with Crippen molar-refractivity contribution in [3.63, 3.8) is 0 Å². The molecule has 0 amide bonds. The quantitative estimate of drug-likeness (QED) is 0.539. The van der Waals surface area contributed by atoms with Crippen molar-refractivity contribution in [3.05, 3.63) is 102 Å². The van der Waals surface area contributed by atoms with Crippen molar-refractivity contribution in [2.45, 2.75) is 19.4 Å². The molecule has 2 nitrogen and oxygen atoms in total. The van der Waals surface area contributed by atoms with Gasteiger partial charge in [-0.15, -0.1) is 0 Å². The number of nitrogens with zero attached hydrogens (tertiary/aromatic N) is 2. The lowest BCUT2D eigenvalue weighted by Gasteiger charge is -2.05. The molecule has 2 heterocycles. The highest BCUT2D eigenvalue weighted by atomic mass is 35.5. The van der Waals surface area contributed by atoms with Crippen molar-refractivity contribution in [1.29, 1.82) is 0 Å². The van der Waals surface area contributed by atoms with Crippen LogP contribution in [-0.4, -0.2) is 9.55 Å². The number of pyridine rings is 1. The first-order valence-corrected chi connectivity index (χ1v) is 8.40. The summed E-state index contributed by atoms with van der Waals surface area (Å²) < 4.78 is 2.37. The Morgan fingerprint density at radius 2 is 1.44 bits per heavy atom. The number of benzene rings is 2. The van der Waals surface area contributed by atoms with E-state index in [0.717, 1.165) is 19.4 Å². The Kier molecular flexibility index (Phi) is 5.52. The van der Waals surface area contributed by atoms with Gasteiger partial charge in [0.2, 0.25) is 0 Å². The van der Waals surface area contributed by atoms with Crippen molar-refractivity contribution in [2.75, 3.05) is 0 Å². The summed E-state index contributed by atoms with van der Waals surface area (Å²) in [6, 6.07) is 23.5. The van der Waals surface area contributed by atoms with Gasteiger partial charge < -0.3 is 17.0 Å². The van der Waals surface area contributed by atoms with Gasteiger partial charge in [-0.05, 0) is 47.7 Å². The summed E-state index contributed by atoms with van der Waals surface area (Å²) in [4.78, 5) is 4.10. The Bertz CT molecular complexity index is 930. The molecule has 3 heteroatoms. The van der Waals surface area contributed by atoms with Gasteiger partial charge in [-0.1, -0.05) is 48.5 Å².